The fourth-order valence-corrected chi connectivity index (χ4v) is 4.07. The van der Waals surface area contributed by atoms with Crippen LogP contribution in [0, 0.1) is 0 Å². The lowest BCUT2D eigenvalue weighted by atomic mass is 10.1. The summed E-state index contributed by atoms with van der Waals surface area (Å²) < 4.78 is 39.5. The number of alkyl halides is 3. The predicted molar refractivity (Wildman–Crippen MR) is 137 cm³/mol. The number of benzene rings is 2. The minimum absolute atomic E-state index is 0.202. The molecule has 11 nitrogen and oxygen atoms in total. The molecular formula is C25H23F3N8O3. The molecule has 202 valence electrons. The Bertz CT molecular complexity index is 1490. The van der Waals surface area contributed by atoms with E-state index in [-0.39, 0.29) is 19.0 Å². The van der Waals surface area contributed by atoms with Crippen molar-refractivity contribution in [2.24, 2.45) is 7.05 Å². The predicted octanol–water partition coefficient (Wildman–Crippen LogP) is 3.81. The number of nitrogens with one attached hydrogen (secondary N) is 1. The number of aryl methyl sites for hydroxylation is 1. The van der Waals surface area contributed by atoms with Crippen molar-refractivity contribution in [2.75, 3.05) is 22.5 Å². The minimum atomic E-state index is -4.54. The number of hydrogen-bond acceptors (Lipinski definition) is 8. The zero-order valence-corrected chi connectivity index (χ0v) is 20.6. The highest BCUT2D eigenvalue weighted by Crippen LogP contribution is 2.34. The van der Waals surface area contributed by atoms with Crippen molar-refractivity contribution < 1.29 is 27.9 Å². The molecule has 0 saturated carbocycles. The van der Waals surface area contributed by atoms with Crippen LogP contribution in [-0.2, 0) is 23.1 Å². The van der Waals surface area contributed by atoms with Gasteiger partial charge in [-0.05, 0) is 48.4 Å². The highest BCUT2D eigenvalue weighted by molar-refractivity contribution is 5.96. The summed E-state index contributed by atoms with van der Waals surface area (Å²) in [6.07, 6.45) is -3.94. The van der Waals surface area contributed by atoms with Crippen LogP contribution >= 0.6 is 0 Å². The van der Waals surface area contributed by atoms with Gasteiger partial charge in [-0.3, -0.25) is 9.59 Å². The summed E-state index contributed by atoms with van der Waals surface area (Å²) in [6.45, 7) is -0.0340. The second kappa shape index (κ2) is 11.2. The maximum atomic E-state index is 12.6. The average Bonchev–Trinajstić information content (AvgIpc) is 3.47. The Morgan fingerprint density at radius 1 is 1.13 bits per heavy atom. The van der Waals surface area contributed by atoms with E-state index in [1.165, 1.54) is 4.90 Å². The smallest absolute Gasteiger partial charge is 0.397 e. The van der Waals surface area contributed by atoms with Crippen LogP contribution in [0.25, 0.3) is 22.6 Å². The van der Waals surface area contributed by atoms with Crippen molar-refractivity contribution >= 4 is 35.7 Å². The van der Waals surface area contributed by atoms with Crippen LogP contribution in [0.2, 0.25) is 0 Å². The van der Waals surface area contributed by atoms with Gasteiger partial charge in [0.25, 0.3) is 6.47 Å². The summed E-state index contributed by atoms with van der Waals surface area (Å²) in [5, 5.41) is 14.6. The molecule has 14 heteroatoms. The maximum Gasteiger partial charge on any atom is 0.397 e. The van der Waals surface area contributed by atoms with Gasteiger partial charge in [0.05, 0.1) is 5.69 Å². The van der Waals surface area contributed by atoms with Crippen molar-refractivity contribution in [3.05, 3.63) is 60.3 Å². The summed E-state index contributed by atoms with van der Waals surface area (Å²) in [6, 6.07) is 14.5. The fourth-order valence-electron chi connectivity index (χ4n) is 4.07. The number of aromatic nitrogens is 5. The summed E-state index contributed by atoms with van der Waals surface area (Å²) in [5.41, 5.74) is 10.0. The molecule has 0 bridgehead atoms. The number of halogens is 3. The van der Waals surface area contributed by atoms with Crippen molar-refractivity contribution in [1.29, 1.82) is 0 Å². The minimum Gasteiger partial charge on any atom is -0.483 e. The van der Waals surface area contributed by atoms with Crippen molar-refractivity contribution in [1.82, 2.24) is 24.7 Å². The third kappa shape index (κ3) is 6.47. The number of nitrogens with zero attached hydrogens (tertiary/aromatic N) is 6. The molecule has 0 saturated heterocycles. The Kier molecular flexibility index (Phi) is 7.74. The van der Waals surface area contributed by atoms with E-state index in [1.54, 1.807) is 36.1 Å². The van der Waals surface area contributed by atoms with Crippen LogP contribution in [0.3, 0.4) is 0 Å². The Balaban J connectivity index is 0.00000112. The topological polar surface area (TPSA) is 152 Å². The Morgan fingerprint density at radius 2 is 1.82 bits per heavy atom. The van der Waals surface area contributed by atoms with Crippen LogP contribution in [0.4, 0.5) is 36.4 Å². The van der Waals surface area contributed by atoms with E-state index >= 15 is 0 Å². The number of fused-ring (bicyclic) bond motifs is 1. The molecular weight excluding hydrogens is 517 g/mol. The molecule has 1 aliphatic rings. The quantitative estimate of drug-likeness (QED) is 0.321. The molecule has 0 radical (unpaired) electrons. The van der Waals surface area contributed by atoms with Crippen molar-refractivity contribution in [3.8, 4) is 22.6 Å². The van der Waals surface area contributed by atoms with E-state index in [4.69, 9.17) is 15.6 Å². The normalized spacial score (nSPS) is 12.4. The molecule has 0 aliphatic carbocycles. The molecule has 3 heterocycles. The van der Waals surface area contributed by atoms with E-state index in [0.29, 0.717) is 35.1 Å². The maximum absolute atomic E-state index is 12.6. The number of carbonyl (C=O) groups is 2. The molecule has 2 aromatic heterocycles. The molecule has 0 fully saturated rings. The second-order valence-electron chi connectivity index (χ2n) is 8.42. The van der Waals surface area contributed by atoms with Gasteiger partial charge >= 0.3 is 6.18 Å². The van der Waals surface area contributed by atoms with Crippen LogP contribution in [-0.4, -0.2) is 54.9 Å². The third-order valence-electron chi connectivity index (χ3n) is 5.76. The fraction of sp³-hybridized carbons (Fsp3) is 0.200. The zero-order chi connectivity index (χ0) is 28.2. The number of nitrogens with two attached hydrogens (primary N) is 1. The largest absolute Gasteiger partial charge is 0.483 e. The average molecular weight is 541 g/mol. The van der Waals surface area contributed by atoms with Crippen LogP contribution in [0.15, 0.2) is 54.7 Å². The van der Waals surface area contributed by atoms with Crippen LogP contribution in [0.5, 0.6) is 0 Å². The summed E-state index contributed by atoms with van der Waals surface area (Å²) in [4.78, 5) is 34.3. The number of anilines is 4. The standard InChI is InChI=1S/C24H21F3N8O.CH2O2/c1-34-23(30-17-5-2-14(3-6-17)18-8-10-29-22(28)31-18)32-21(33-34)16-4-7-19-15(12-16)9-11-35(19)20(36)13-24(25,26)27;2-1-3/h2-8,10,12H,9,11,13H2,1H3,(H2,28,29,31)(H,30,32,33);1H,(H,2,3). The molecule has 0 atom stereocenters. The molecule has 1 amide bonds. The van der Waals surface area contributed by atoms with Gasteiger partial charge in [-0.2, -0.15) is 18.2 Å². The first-order valence-corrected chi connectivity index (χ1v) is 11.5. The van der Waals surface area contributed by atoms with Gasteiger partial charge in [0, 0.05) is 42.3 Å². The molecule has 0 spiro atoms. The van der Waals surface area contributed by atoms with Crippen molar-refractivity contribution in [3.63, 3.8) is 0 Å². The number of carbonyl (C=O) groups excluding carboxylic acids is 1. The molecule has 1 aliphatic heterocycles. The van der Waals surface area contributed by atoms with Gasteiger partial charge in [0.1, 0.15) is 6.42 Å². The lowest BCUT2D eigenvalue weighted by molar-refractivity contribution is -0.151. The van der Waals surface area contributed by atoms with E-state index in [1.807, 2.05) is 30.3 Å². The molecule has 0 unspecified atom stereocenters. The number of hydrogen-bond donors (Lipinski definition) is 3. The Morgan fingerprint density at radius 3 is 2.49 bits per heavy atom. The lowest BCUT2D eigenvalue weighted by Crippen LogP contribution is -2.32. The number of carboxylic acid groups (broad SMARTS) is 1. The van der Waals surface area contributed by atoms with Gasteiger partial charge in [-0.1, -0.05) is 12.1 Å². The number of rotatable bonds is 5. The molecule has 4 aromatic rings. The van der Waals surface area contributed by atoms with Gasteiger partial charge < -0.3 is 21.1 Å². The first kappa shape index (κ1) is 27.0. The van der Waals surface area contributed by atoms with E-state index in [2.05, 4.69) is 25.4 Å². The highest BCUT2D eigenvalue weighted by atomic mass is 19.4. The Labute approximate surface area is 220 Å². The molecule has 5 rings (SSSR count). The summed E-state index contributed by atoms with van der Waals surface area (Å²) in [5.74, 6) is 0.210. The van der Waals surface area contributed by atoms with E-state index in [9.17, 15) is 18.0 Å². The monoisotopic (exact) mass is 540 g/mol. The molecule has 2 aromatic carbocycles. The first-order valence-electron chi connectivity index (χ1n) is 11.5. The number of nitrogen functional groups attached to an aromatic ring is 1. The Hall–Kier alpha value is -5.01. The lowest BCUT2D eigenvalue weighted by Gasteiger charge is -2.18. The third-order valence-corrected chi connectivity index (χ3v) is 5.76. The van der Waals surface area contributed by atoms with Crippen LogP contribution in [0.1, 0.15) is 12.0 Å². The van der Waals surface area contributed by atoms with Gasteiger partial charge in [0.15, 0.2) is 5.82 Å². The highest BCUT2D eigenvalue weighted by Gasteiger charge is 2.36. The summed E-state index contributed by atoms with van der Waals surface area (Å²) in [7, 11) is 1.75. The van der Waals surface area contributed by atoms with Gasteiger partial charge in [-0.25, -0.2) is 14.6 Å². The van der Waals surface area contributed by atoms with E-state index < -0.39 is 18.5 Å². The first-order chi connectivity index (χ1) is 18.6. The van der Waals surface area contributed by atoms with Gasteiger partial charge in [0.2, 0.25) is 17.8 Å². The molecule has 4 N–H and O–H groups in total. The van der Waals surface area contributed by atoms with Crippen LogP contribution < -0.4 is 16.0 Å². The van der Waals surface area contributed by atoms with E-state index in [0.717, 1.165) is 16.8 Å². The SMILES string of the molecule is Cn1nc(-c2ccc3c(c2)CCN3C(=O)CC(F)(F)F)nc1Nc1ccc(-c2ccnc(N)n2)cc1.O=CO. The summed E-state index contributed by atoms with van der Waals surface area (Å²) >= 11 is 0. The van der Waals surface area contributed by atoms with Crippen molar-refractivity contribution in [2.45, 2.75) is 19.0 Å². The molecule has 39 heavy (non-hydrogen) atoms. The number of amides is 1. The zero-order valence-electron chi connectivity index (χ0n) is 20.6. The van der Waals surface area contributed by atoms with Gasteiger partial charge in [-0.15, -0.1) is 5.10 Å². The second-order valence-corrected chi connectivity index (χ2v) is 8.42.